The highest BCUT2D eigenvalue weighted by Crippen LogP contribution is 2.10. The molecular weight excluding hydrogens is 230 g/mol. The van der Waals surface area contributed by atoms with E-state index >= 15 is 0 Å². The van der Waals surface area contributed by atoms with Crippen LogP contribution in [0, 0.1) is 0 Å². The normalized spacial score (nSPS) is 16.2. The van der Waals surface area contributed by atoms with Crippen molar-refractivity contribution >= 4 is 11.9 Å². The van der Waals surface area contributed by atoms with Gasteiger partial charge in [-0.25, -0.2) is 4.79 Å². The van der Waals surface area contributed by atoms with Gasteiger partial charge in [-0.2, -0.15) is 0 Å². The van der Waals surface area contributed by atoms with Crippen LogP contribution in [0.3, 0.4) is 0 Å². The van der Waals surface area contributed by atoms with Crippen molar-refractivity contribution in [3.05, 3.63) is 0 Å². The van der Waals surface area contributed by atoms with E-state index in [1.165, 1.54) is 0 Å². The van der Waals surface area contributed by atoms with Gasteiger partial charge in [-0.05, 0) is 27.2 Å². The van der Waals surface area contributed by atoms with Crippen molar-refractivity contribution in [1.29, 1.82) is 0 Å². The van der Waals surface area contributed by atoms with Gasteiger partial charge in [-0.15, -0.1) is 0 Å². The molecule has 104 valence electrons. The summed E-state index contributed by atoms with van der Waals surface area (Å²) in [5.41, 5.74) is -0.443. The molecule has 0 aromatic heterocycles. The first-order valence-corrected chi connectivity index (χ1v) is 6.67. The highest BCUT2D eigenvalue weighted by molar-refractivity contribution is 5.87. The SMILES string of the molecule is CCCCNC1=NCCN(C(=O)OC(C)(C)C)C1. The van der Waals surface area contributed by atoms with Crippen LogP contribution < -0.4 is 5.32 Å². The summed E-state index contributed by atoms with van der Waals surface area (Å²) in [6, 6.07) is 0. The fourth-order valence-corrected chi connectivity index (χ4v) is 1.62. The third kappa shape index (κ3) is 5.38. The maximum absolute atomic E-state index is 11.9. The minimum absolute atomic E-state index is 0.257. The van der Waals surface area contributed by atoms with Crippen LogP contribution in [0.1, 0.15) is 40.5 Å². The number of ether oxygens (including phenoxy) is 1. The molecule has 0 aromatic rings. The van der Waals surface area contributed by atoms with Gasteiger partial charge in [-0.1, -0.05) is 13.3 Å². The van der Waals surface area contributed by atoms with Crippen LogP contribution in [-0.2, 0) is 4.74 Å². The van der Waals surface area contributed by atoms with Crippen molar-refractivity contribution in [2.24, 2.45) is 4.99 Å². The van der Waals surface area contributed by atoms with E-state index in [4.69, 9.17) is 4.74 Å². The minimum atomic E-state index is -0.443. The Morgan fingerprint density at radius 3 is 2.83 bits per heavy atom. The van der Waals surface area contributed by atoms with Gasteiger partial charge >= 0.3 is 6.09 Å². The molecule has 0 unspecified atom stereocenters. The maximum atomic E-state index is 11.9. The zero-order valence-electron chi connectivity index (χ0n) is 12.0. The molecule has 0 aliphatic carbocycles. The minimum Gasteiger partial charge on any atom is -0.444 e. The van der Waals surface area contributed by atoms with Gasteiger partial charge in [0, 0.05) is 13.1 Å². The van der Waals surface area contributed by atoms with Crippen LogP contribution in [-0.4, -0.2) is 48.6 Å². The lowest BCUT2D eigenvalue weighted by molar-refractivity contribution is 0.0276. The Kier molecular flexibility index (Phi) is 5.44. The van der Waals surface area contributed by atoms with Crippen molar-refractivity contribution in [3.8, 4) is 0 Å². The van der Waals surface area contributed by atoms with E-state index in [1.807, 2.05) is 20.8 Å². The molecule has 0 radical (unpaired) electrons. The largest absolute Gasteiger partial charge is 0.444 e. The molecule has 1 aliphatic rings. The summed E-state index contributed by atoms with van der Waals surface area (Å²) in [7, 11) is 0. The molecule has 0 fully saturated rings. The van der Waals surface area contributed by atoms with Gasteiger partial charge in [0.1, 0.15) is 11.4 Å². The van der Waals surface area contributed by atoms with Crippen LogP contribution >= 0.6 is 0 Å². The monoisotopic (exact) mass is 255 g/mol. The molecule has 1 aliphatic heterocycles. The number of hydrogen-bond donors (Lipinski definition) is 1. The molecule has 1 heterocycles. The first-order valence-electron chi connectivity index (χ1n) is 6.67. The summed E-state index contributed by atoms with van der Waals surface area (Å²) in [4.78, 5) is 18.0. The number of amidine groups is 1. The number of aliphatic imine (C=N–C) groups is 1. The van der Waals surface area contributed by atoms with Gasteiger partial charge in [0.15, 0.2) is 0 Å². The van der Waals surface area contributed by atoms with Crippen LogP contribution in [0.5, 0.6) is 0 Å². The highest BCUT2D eigenvalue weighted by atomic mass is 16.6. The Bertz CT molecular complexity index is 308. The van der Waals surface area contributed by atoms with E-state index in [1.54, 1.807) is 4.90 Å². The highest BCUT2D eigenvalue weighted by Gasteiger charge is 2.24. The summed E-state index contributed by atoms with van der Waals surface area (Å²) in [5, 5.41) is 3.27. The van der Waals surface area contributed by atoms with E-state index in [0.29, 0.717) is 19.6 Å². The Morgan fingerprint density at radius 2 is 2.22 bits per heavy atom. The number of amides is 1. The second kappa shape index (κ2) is 6.61. The lowest BCUT2D eigenvalue weighted by Gasteiger charge is -2.29. The third-order valence-electron chi connectivity index (χ3n) is 2.52. The van der Waals surface area contributed by atoms with E-state index < -0.39 is 5.60 Å². The van der Waals surface area contributed by atoms with Crippen LogP contribution in [0.4, 0.5) is 4.79 Å². The van der Waals surface area contributed by atoms with E-state index in [9.17, 15) is 4.79 Å². The summed E-state index contributed by atoms with van der Waals surface area (Å²) >= 11 is 0. The molecule has 0 atom stereocenters. The molecule has 18 heavy (non-hydrogen) atoms. The first-order chi connectivity index (χ1) is 8.42. The van der Waals surface area contributed by atoms with E-state index in [0.717, 1.165) is 25.2 Å². The van der Waals surface area contributed by atoms with Gasteiger partial charge in [0.25, 0.3) is 0 Å². The molecule has 5 heteroatoms. The Labute approximate surface area is 110 Å². The third-order valence-corrected chi connectivity index (χ3v) is 2.52. The zero-order chi connectivity index (χ0) is 13.6. The van der Waals surface area contributed by atoms with E-state index in [2.05, 4.69) is 17.2 Å². The first kappa shape index (κ1) is 14.8. The topological polar surface area (TPSA) is 53.9 Å². The number of carbonyl (C=O) groups excluding carboxylic acids is 1. The number of carbonyl (C=O) groups is 1. The molecule has 0 aromatic carbocycles. The summed E-state index contributed by atoms with van der Waals surface area (Å²) in [6.07, 6.45) is 2.01. The van der Waals surface area contributed by atoms with Crippen molar-refractivity contribution < 1.29 is 9.53 Å². The predicted molar refractivity (Wildman–Crippen MR) is 73.0 cm³/mol. The van der Waals surface area contributed by atoms with E-state index in [-0.39, 0.29) is 6.09 Å². The predicted octanol–water partition coefficient (Wildman–Crippen LogP) is 2.03. The number of unbranched alkanes of at least 4 members (excludes halogenated alkanes) is 1. The smallest absolute Gasteiger partial charge is 0.410 e. The lowest BCUT2D eigenvalue weighted by Crippen LogP contribution is -2.47. The molecule has 1 amide bonds. The molecule has 1 rings (SSSR count). The quantitative estimate of drug-likeness (QED) is 0.785. The van der Waals surface area contributed by atoms with Crippen molar-refractivity contribution in [1.82, 2.24) is 10.2 Å². The average Bonchev–Trinajstić information content (AvgIpc) is 2.27. The Hall–Kier alpha value is -1.26. The number of nitrogens with one attached hydrogen (secondary N) is 1. The molecule has 0 saturated carbocycles. The molecular formula is C13H25N3O2. The molecule has 0 bridgehead atoms. The molecule has 5 nitrogen and oxygen atoms in total. The number of hydrogen-bond acceptors (Lipinski definition) is 4. The second-order valence-corrected chi connectivity index (χ2v) is 5.51. The Balaban J connectivity index is 2.41. The fraction of sp³-hybridized carbons (Fsp3) is 0.846. The summed E-state index contributed by atoms with van der Waals surface area (Å²) < 4.78 is 5.36. The number of rotatable bonds is 3. The fourth-order valence-electron chi connectivity index (χ4n) is 1.62. The second-order valence-electron chi connectivity index (χ2n) is 5.51. The Morgan fingerprint density at radius 1 is 1.50 bits per heavy atom. The molecule has 1 N–H and O–H groups in total. The van der Waals surface area contributed by atoms with Crippen molar-refractivity contribution in [3.63, 3.8) is 0 Å². The summed E-state index contributed by atoms with van der Waals surface area (Å²) in [6.45, 7) is 10.5. The van der Waals surface area contributed by atoms with Crippen LogP contribution in [0.2, 0.25) is 0 Å². The van der Waals surface area contributed by atoms with Crippen LogP contribution in [0.15, 0.2) is 4.99 Å². The van der Waals surface area contributed by atoms with Crippen molar-refractivity contribution in [2.75, 3.05) is 26.2 Å². The summed E-state index contributed by atoms with van der Waals surface area (Å²) in [5.74, 6) is 0.889. The standard InChI is InChI=1S/C13H25N3O2/c1-5-6-7-14-11-10-16(9-8-15-11)12(17)18-13(2,3)4/h5-10H2,1-4H3,(H,14,15). The number of nitrogens with zero attached hydrogens (tertiary/aromatic N) is 2. The average molecular weight is 255 g/mol. The van der Waals surface area contributed by atoms with Gasteiger partial charge < -0.3 is 10.1 Å². The van der Waals surface area contributed by atoms with Gasteiger partial charge in [0.2, 0.25) is 0 Å². The van der Waals surface area contributed by atoms with Gasteiger partial charge in [-0.3, -0.25) is 9.89 Å². The zero-order valence-corrected chi connectivity index (χ0v) is 12.0. The lowest BCUT2D eigenvalue weighted by atomic mass is 10.2. The van der Waals surface area contributed by atoms with Crippen LogP contribution in [0.25, 0.3) is 0 Å². The molecule has 0 spiro atoms. The molecule has 0 saturated heterocycles. The van der Waals surface area contributed by atoms with Gasteiger partial charge in [0.05, 0.1) is 13.1 Å². The maximum Gasteiger partial charge on any atom is 0.410 e. The van der Waals surface area contributed by atoms with Crippen molar-refractivity contribution in [2.45, 2.75) is 46.1 Å².